The zero-order valence-corrected chi connectivity index (χ0v) is 29.8. The number of carbonyl (C=O) groups is 3. The topological polar surface area (TPSA) is 126 Å². The van der Waals surface area contributed by atoms with Crippen LogP contribution in [0.2, 0.25) is 18.1 Å². The summed E-state index contributed by atoms with van der Waals surface area (Å²) < 4.78 is 17.4. The average Bonchev–Trinajstić information content (AvgIpc) is 3.07. The maximum atomic E-state index is 14.1. The van der Waals surface area contributed by atoms with Gasteiger partial charge < -0.3 is 29.6 Å². The van der Waals surface area contributed by atoms with Gasteiger partial charge in [-0.15, -0.1) is 0 Å². The van der Waals surface area contributed by atoms with Crippen LogP contribution in [0.5, 0.6) is 0 Å². The van der Waals surface area contributed by atoms with Crippen LogP contribution in [0, 0.1) is 0 Å². The summed E-state index contributed by atoms with van der Waals surface area (Å²) in [6.07, 6.45) is -0.938. The Morgan fingerprint density at radius 2 is 1.54 bits per heavy atom. The third-order valence-corrected chi connectivity index (χ3v) is 14.0. The summed E-state index contributed by atoms with van der Waals surface area (Å²) >= 11 is 0. The predicted molar refractivity (Wildman–Crippen MR) is 189 cm³/mol. The number of para-hydroxylation sites is 1. The van der Waals surface area contributed by atoms with Crippen molar-refractivity contribution in [2.24, 2.45) is 0 Å². The van der Waals surface area contributed by atoms with Crippen molar-refractivity contribution in [2.45, 2.75) is 75.9 Å². The molecule has 10 nitrogen and oxygen atoms in total. The highest BCUT2D eigenvalue weighted by atomic mass is 28.4. The summed E-state index contributed by atoms with van der Waals surface area (Å²) in [6, 6.07) is 25.2. The highest BCUT2D eigenvalue weighted by Gasteiger charge is 2.40. The fourth-order valence-corrected chi connectivity index (χ4v) is 6.64. The van der Waals surface area contributed by atoms with Crippen molar-refractivity contribution < 1.29 is 33.4 Å². The first-order valence-electron chi connectivity index (χ1n) is 16.4. The number of morpholine rings is 1. The molecule has 1 aliphatic rings. The molecular formula is C37H49N3O7Si. The summed E-state index contributed by atoms with van der Waals surface area (Å²) in [5.41, 5.74) is 3.19. The second-order valence-electron chi connectivity index (χ2n) is 13.7. The molecular weight excluding hydrogens is 627 g/mol. The Balaban J connectivity index is 1.48. The van der Waals surface area contributed by atoms with E-state index in [9.17, 15) is 19.5 Å². The minimum Gasteiger partial charge on any atom is -0.465 e. The number of nitrogens with zero attached hydrogens (tertiary/aromatic N) is 1. The van der Waals surface area contributed by atoms with Crippen LogP contribution in [0.15, 0.2) is 84.9 Å². The molecule has 4 rings (SSSR count). The van der Waals surface area contributed by atoms with E-state index in [1.54, 1.807) is 0 Å². The Hall–Kier alpha value is -4.19. The van der Waals surface area contributed by atoms with Gasteiger partial charge in [0.2, 0.25) is 5.91 Å². The van der Waals surface area contributed by atoms with E-state index in [1.165, 1.54) is 12.0 Å². The molecule has 0 spiro atoms. The van der Waals surface area contributed by atoms with Crippen LogP contribution in [0.1, 0.15) is 49.8 Å². The molecule has 0 unspecified atom stereocenters. The Morgan fingerprint density at radius 3 is 2.10 bits per heavy atom. The fourth-order valence-electron chi connectivity index (χ4n) is 5.60. The van der Waals surface area contributed by atoms with E-state index in [1.807, 2.05) is 84.9 Å². The molecule has 0 radical (unpaired) electrons. The van der Waals surface area contributed by atoms with Crippen molar-refractivity contribution >= 4 is 32.1 Å². The lowest BCUT2D eigenvalue weighted by Gasteiger charge is -2.41. The van der Waals surface area contributed by atoms with Crippen molar-refractivity contribution in [1.29, 1.82) is 0 Å². The Labute approximate surface area is 284 Å². The van der Waals surface area contributed by atoms with Gasteiger partial charge in [-0.05, 0) is 53.7 Å². The standard InChI is InChI=1S/C37H49N3O7Si/c1-37(2,3)48(5,6)47-25-29-24-46-30(23-40(29)36(43)44)22-21-26-15-13-14-20-31(26)38-34(41)33(39-35(42)45-4)32(27-16-9-7-10-17-27)28-18-11-8-12-19-28/h7-20,29-30,32-33H,21-25H2,1-6H3,(H,38,41)(H,39,42)(H,43,44)/t29-,30+,33-/m0/s1. The van der Waals surface area contributed by atoms with E-state index in [-0.39, 0.29) is 30.3 Å². The second kappa shape index (κ2) is 16.3. The number of amides is 3. The van der Waals surface area contributed by atoms with E-state index >= 15 is 0 Å². The molecule has 48 heavy (non-hydrogen) atoms. The zero-order chi connectivity index (χ0) is 34.9. The van der Waals surface area contributed by atoms with Gasteiger partial charge in [0.05, 0.1) is 39.0 Å². The van der Waals surface area contributed by atoms with Crippen LogP contribution in [-0.4, -0.2) is 81.5 Å². The summed E-state index contributed by atoms with van der Waals surface area (Å²) in [4.78, 5) is 40.3. The molecule has 1 heterocycles. The van der Waals surface area contributed by atoms with Crippen LogP contribution in [0.25, 0.3) is 0 Å². The molecule has 258 valence electrons. The van der Waals surface area contributed by atoms with Gasteiger partial charge in [-0.1, -0.05) is 99.6 Å². The van der Waals surface area contributed by atoms with Gasteiger partial charge in [0.15, 0.2) is 8.32 Å². The summed E-state index contributed by atoms with van der Waals surface area (Å²) in [5, 5.41) is 15.9. The summed E-state index contributed by atoms with van der Waals surface area (Å²) in [7, 11) is -0.789. The number of ether oxygens (including phenoxy) is 2. The number of alkyl carbamates (subject to hydrolysis) is 1. The van der Waals surface area contributed by atoms with E-state index in [2.05, 4.69) is 44.5 Å². The lowest BCUT2D eigenvalue weighted by Crippen LogP contribution is -2.55. The third kappa shape index (κ3) is 9.46. The quantitative estimate of drug-likeness (QED) is 0.179. The van der Waals surface area contributed by atoms with E-state index in [4.69, 9.17) is 13.9 Å². The van der Waals surface area contributed by atoms with Crippen molar-refractivity contribution in [2.75, 3.05) is 32.2 Å². The molecule has 1 aliphatic heterocycles. The Kier molecular flexibility index (Phi) is 12.4. The molecule has 1 fully saturated rings. The maximum absolute atomic E-state index is 14.1. The van der Waals surface area contributed by atoms with Crippen LogP contribution in [0.3, 0.4) is 0 Å². The molecule has 0 aromatic heterocycles. The second-order valence-corrected chi connectivity index (χ2v) is 18.5. The summed E-state index contributed by atoms with van der Waals surface area (Å²) in [5.74, 6) is -0.897. The Morgan fingerprint density at radius 1 is 0.958 bits per heavy atom. The molecule has 11 heteroatoms. The highest BCUT2D eigenvalue weighted by Crippen LogP contribution is 2.37. The van der Waals surface area contributed by atoms with Gasteiger partial charge in [-0.3, -0.25) is 9.69 Å². The number of carbonyl (C=O) groups excluding carboxylic acids is 2. The number of nitrogens with one attached hydrogen (secondary N) is 2. The van der Waals surface area contributed by atoms with Gasteiger partial charge in [-0.25, -0.2) is 9.59 Å². The highest BCUT2D eigenvalue weighted by molar-refractivity contribution is 6.74. The van der Waals surface area contributed by atoms with Crippen molar-refractivity contribution in [3.05, 3.63) is 102 Å². The van der Waals surface area contributed by atoms with Gasteiger partial charge in [0.1, 0.15) is 6.04 Å². The lowest BCUT2D eigenvalue weighted by molar-refractivity contribution is -0.118. The van der Waals surface area contributed by atoms with Crippen LogP contribution in [-0.2, 0) is 25.1 Å². The SMILES string of the molecule is COC(=O)N[C@H](C(=O)Nc1ccccc1CC[C@@H]1CN(C(=O)O)[C@H](CO[Si](C)(C)C(C)(C)C)CO1)C(c1ccccc1)c1ccccc1. The monoisotopic (exact) mass is 675 g/mol. The van der Waals surface area contributed by atoms with E-state index < -0.39 is 38.4 Å². The van der Waals surface area contributed by atoms with E-state index in [0.717, 1.165) is 16.7 Å². The van der Waals surface area contributed by atoms with Crippen LogP contribution >= 0.6 is 0 Å². The summed E-state index contributed by atoms with van der Waals surface area (Å²) in [6.45, 7) is 11.6. The molecule has 3 aromatic carbocycles. The fraction of sp³-hybridized carbons (Fsp3) is 0.432. The number of rotatable bonds is 12. The molecule has 3 aromatic rings. The largest absolute Gasteiger partial charge is 0.465 e. The minimum absolute atomic E-state index is 0.0152. The average molecular weight is 676 g/mol. The first-order valence-corrected chi connectivity index (χ1v) is 19.3. The van der Waals surface area contributed by atoms with Crippen molar-refractivity contribution in [1.82, 2.24) is 10.2 Å². The zero-order valence-electron chi connectivity index (χ0n) is 28.8. The molecule has 3 amide bonds. The first-order chi connectivity index (χ1) is 22.8. The number of anilines is 1. The smallest absolute Gasteiger partial charge is 0.407 e. The molecule has 0 aliphatic carbocycles. The molecule has 0 bridgehead atoms. The lowest BCUT2D eigenvalue weighted by atomic mass is 9.84. The molecule has 3 N–H and O–H groups in total. The predicted octanol–water partition coefficient (Wildman–Crippen LogP) is 6.88. The third-order valence-electron chi connectivity index (χ3n) is 9.46. The Bertz CT molecular complexity index is 1470. The van der Waals surface area contributed by atoms with Gasteiger partial charge in [0.25, 0.3) is 0 Å². The van der Waals surface area contributed by atoms with Gasteiger partial charge in [0, 0.05) is 11.6 Å². The maximum Gasteiger partial charge on any atom is 0.407 e. The van der Waals surface area contributed by atoms with Gasteiger partial charge in [-0.2, -0.15) is 0 Å². The van der Waals surface area contributed by atoms with E-state index in [0.29, 0.717) is 25.1 Å². The molecule has 3 atom stereocenters. The number of hydrogen-bond donors (Lipinski definition) is 3. The first kappa shape index (κ1) is 36.6. The molecule has 0 saturated carbocycles. The number of benzene rings is 3. The number of methoxy groups -OCH3 is 1. The van der Waals surface area contributed by atoms with Crippen LogP contribution < -0.4 is 10.6 Å². The number of carboxylic acid groups (broad SMARTS) is 1. The van der Waals surface area contributed by atoms with Crippen molar-refractivity contribution in [3.63, 3.8) is 0 Å². The van der Waals surface area contributed by atoms with Crippen molar-refractivity contribution in [3.8, 4) is 0 Å². The van der Waals surface area contributed by atoms with Crippen LogP contribution in [0.4, 0.5) is 15.3 Å². The number of hydrogen-bond acceptors (Lipinski definition) is 6. The minimum atomic E-state index is -2.05. The normalized spacial score (nSPS) is 17.4. The molecule has 1 saturated heterocycles. The number of aryl methyl sites for hydroxylation is 1. The van der Waals surface area contributed by atoms with Gasteiger partial charge >= 0.3 is 12.2 Å².